The highest BCUT2D eigenvalue weighted by atomic mass is 16.6. The van der Waals surface area contributed by atoms with Crippen molar-refractivity contribution < 1.29 is 23.8 Å². The van der Waals surface area contributed by atoms with Gasteiger partial charge in [0.2, 0.25) is 0 Å². The van der Waals surface area contributed by atoms with Crippen molar-refractivity contribution in [2.24, 2.45) is 0 Å². The number of carbonyl (C=O) groups is 2. The zero-order valence-electron chi connectivity index (χ0n) is 16.1. The minimum absolute atomic E-state index is 0.280. The first-order valence-electron chi connectivity index (χ1n) is 8.97. The Hall–Kier alpha value is -4.31. The molecule has 3 aromatic rings. The fraction of sp³-hybridized carbons (Fsp3) is 0.0870. The number of nitriles is 1. The Morgan fingerprint density at radius 1 is 0.933 bits per heavy atom. The number of esters is 1. The molecule has 7 nitrogen and oxygen atoms in total. The average Bonchev–Trinajstić information content (AvgIpc) is 2.79. The van der Waals surface area contributed by atoms with E-state index < -0.39 is 5.97 Å². The summed E-state index contributed by atoms with van der Waals surface area (Å²) in [5.41, 5.74) is 1.46. The molecule has 0 aliphatic rings. The van der Waals surface area contributed by atoms with E-state index in [1.165, 1.54) is 7.11 Å². The summed E-state index contributed by atoms with van der Waals surface area (Å²) in [6, 6.07) is 21.7. The third-order valence-corrected chi connectivity index (χ3v) is 4.04. The van der Waals surface area contributed by atoms with Crippen LogP contribution in [0, 0.1) is 11.3 Å². The zero-order valence-corrected chi connectivity index (χ0v) is 16.1. The van der Waals surface area contributed by atoms with Crippen LogP contribution >= 0.6 is 0 Å². The number of amides is 1. The van der Waals surface area contributed by atoms with Crippen molar-refractivity contribution in [1.82, 2.24) is 0 Å². The van der Waals surface area contributed by atoms with Gasteiger partial charge in [0.15, 0.2) is 6.61 Å². The topological polar surface area (TPSA) is 97.7 Å². The van der Waals surface area contributed by atoms with Gasteiger partial charge in [0.25, 0.3) is 5.91 Å². The molecule has 1 amide bonds. The van der Waals surface area contributed by atoms with Crippen LogP contribution < -0.4 is 19.5 Å². The Bertz CT molecular complexity index is 1070. The van der Waals surface area contributed by atoms with Crippen molar-refractivity contribution in [2.45, 2.75) is 0 Å². The number of nitrogens with one attached hydrogen (secondary N) is 1. The summed E-state index contributed by atoms with van der Waals surface area (Å²) >= 11 is 0. The van der Waals surface area contributed by atoms with E-state index in [1.807, 2.05) is 6.07 Å². The van der Waals surface area contributed by atoms with Gasteiger partial charge in [-0.05, 0) is 60.7 Å². The lowest BCUT2D eigenvalue weighted by Crippen LogP contribution is -2.17. The Morgan fingerprint density at radius 3 is 2.27 bits per heavy atom. The minimum atomic E-state index is -0.579. The number of methoxy groups -OCH3 is 1. The lowest BCUT2D eigenvalue weighted by atomic mass is 10.2. The maximum Gasteiger partial charge on any atom is 0.349 e. The van der Waals surface area contributed by atoms with Crippen LogP contribution in [0.25, 0.3) is 0 Å². The third kappa shape index (κ3) is 5.36. The number of para-hydroxylation sites is 1. The Morgan fingerprint density at radius 2 is 1.60 bits per heavy atom. The number of hydrogen-bond acceptors (Lipinski definition) is 6. The highest BCUT2D eigenvalue weighted by Crippen LogP contribution is 2.21. The van der Waals surface area contributed by atoms with Gasteiger partial charge in [-0.25, -0.2) is 4.79 Å². The molecule has 0 bridgehead atoms. The summed E-state index contributed by atoms with van der Waals surface area (Å²) in [5, 5.41) is 11.5. The van der Waals surface area contributed by atoms with Crippen LogP contribution in [0.2, 0.25) is 0 Å². The molecule has 0 aliphatic heterocycles. The molecule has 150 valence electrons. The number of benzene rings is 3. The van der Waals surface area contributed by atoms with Crippen molar-refractivity contribution >= 4 is 17.6 Å². The third-order valence-electron chi connectivity index (χ3n) is 4.04. The largest absolute Gasteiger partial charge is 0.496 e. The predicted molar refractivity (Wildman–Crippen MR) is 110 cm³/mol. The van der Waals surface area contributed by atoms with Crippen LogP contribution in [0.4, 0.5) is 5.69 Å². The number of nitrogens with zero attached hydrogens (tertiary/aromatic N) is 1. The van der Waals surface area contributed by atoms with Crippen molar-refractivity contribution in [1.29, 1.82) is 5.26 Å². The lowest BCUT2D eigenvalue weighted by Gasteiger charge is -2.10. The first kappa shape index (κ1) is 20.4. The molecule has 0 saturated carbocycles. The standard InChI is InChI=1S/C23H18N2O5/c1-28-21-5-3-2-4-20(21)23(27)25-17-8-12-19(13-9-17)30-22(26)15-29-18-10-6-16(14-24)7-11-18/h2-13H,15H2,1H3,(H,25,27). The van der Waals surface area contributed by atoms with Gasteiger partial charge in [-0.2, -0.15) is 5.26 Å². The quantitative estimate of drug-likeness (QED) is 0.477. The van der Waals surface area contributed by atoms with E-state index in [9.17, 15) is 9.59 Å². The molecule has 0 unspecified atom stereocenters. The Balaban J connectivity index is 1.53. The molecule has 3 rings (SSSR count). The summed E-state index contributed by atoms with van der Waals surface area (Å²) < 4.78 is 15.7. The SMILES string of the molecule is COc1ccccc1C(=O)Nc1ccc(OC(=O)COc2ccc(C#N)cc2)cc1. The number of ether oxygens (including phenoxy) is 3. The van der Waals surface area contributed by atoms with Crippen LogP contribution in [0.5, 0.6) is 17.2 Å². The van der Waals surface area contributed by atoms with E-state index in [1.54, 1.807) is 72.8 Å². The van der Waals surface area contributed by atoms with Crippen LogP contribution in [-0.2, 0) is 4.79 Å². The van der Waals surface area contributed by atoms with E-state index in [0.29, 0.717) is 34.1 Å². The van der Waals surface area contributed by atoms with Gasteiger partial charge < -0.3 is 19.5 Å². The van der Waals surface area contributed by atoms with Gasteiger partial charge in [0.1, 0.15) is 17.2 Å². The Kier molecular flexibility index (Phi) is 6.64. The van der Waals surface area contributed by atoms with E-state index >= 15 is 0 Å². The van der Waals surface area contributed by atoms with Gasteiger partial charge in [-0.15, -0.1) is 0 Å². The first-order valence-corrected chi connectivity index (χ1v) is 8.97. The van der Waals surface area contributed by atoms with Gasteiger partial charge >= 0.3 is 5.97 Å². The molecule has 0 heterocycles. The molecular weight excluding hydrogens is 384 g/mol. The smallest absolute Gasteiger partial charge is 0.349 e. The second-order valence-electron chi connectivity index (χ2n) is 6.08. The highest BCUT2D eigenvalue weighted by molar-refractivity contribution is 6.06. The zero-order chi connectivity index (χ0) is 21.3. The second kappa shape index (κ2) is 9.75. The average molecular weight is 402 g/mol. The molecule has 3 aromatic carbocycles. The molecule has 0 atom stereocenters. The number of anilines is 1. The summed E-state index contributed by atoms with van der Waals surface area (Å²) in [6.07, 6.45) is 0. The number of hydrogen-bond donors (Lipinski definition) is 1. The molecule has 0 radical (unpaired) electrons. The molecule has 30 heavy (non-hydrogen) atoms. The van der Waals surface area contributed by atoms with E-state index in [2.05, 4.69) is 5.32 Å². The summed E-state index contributed by atoms with van der Waals surface area (Å²) in [5.74, 6) is 0.361. The molecule has 7 heteroatoms. The van der Waals surface area contributed by atoms with Crippen molar-refractivity contribution in [3.8, 4) is 23.3 Å². The van der Waals surface area contributed by atoms with Crippen LogP contribution in [0.1, 0.15) is 15.9 Å². The molecular formula is C23H18N2O5. The van der Waals surface area contributed by atoms with Crippen molar-refractivity contribution in [2.75, 3.05) is 19.0 Å². The molecule has 0 fully saturated rings. The van der Waals surface area contributed by atoms with Crippen molar-refractivity contribution in [3.05, 3.63) is 83.9 Å². The minimum Gasteiger partial charge on any atom is -0.496 e. The van der Waals surface area contributed by atoms with E-state index in [-0.39, 0.29) is 12.5 Å². The van der Waals surface area contributed by atoms with Gasteiger partial charge in [-0.1, -0.05) is 12.1 Å². The molecule has 0 aliphatic carbocycles. The van der Waals surface area contributed by atoms with Crippen molar-refractivity contribution in [3.63, 3.8) is 0 Å². The fourth-order valence-corrected chi connectivity index (χ4v) is 2.57. The first-order chi connectivity index (χ1) is 14.6. The summed E-state index contributed by atoms with van der Waals surface area (Å²) in [7, 11) is 1.50. The van der Waals surface area contributed by atoms with Crippen LogP contribution in [0.15, 0.2) is 72.8 Å². The van der Waals surface area contributed by atoms with E-state index in [0.717, 1.165) is 0 Å². The van der Waals surface area contributed by atoms with Gasteiger partial charge in [-0.3, -0.25) is 4.79 Å². The fourth-order valence-electron chi connectivity index (χ4n) is 2.57. The number of rotatable bonds is 7. The number of carbonyl (C=O) groups excluding carboxylic acids is 2. The lowest BCUT2D eigenvalue weighted by molar-refractivity contribution is -0.136. The normalized spacial score (nSPS) is 9.87. The maximum atomic E-state index is 12.4. The molecule has 0 aromatic heterocycles. The summed E-state index contributed by atoms with van der Waals surface area (Å²) in [6.45, 7) is -0.280. The van der Waals surface area contributed by atoms with E-state index in [4.69, 9.17) is 19.5 Å². The maximum absolute atomic E-state index is 12.4. The predicted octanol–water partition coefficient (Wildman–Crippen LogP) is 3.80. The molecule has 1 N–H and O–H groups in total. The Labute approximate surface area is 173 Å². The monoisotopic (exact) mass is 402 g/mol. The second-order valence-corrected chi connectivity index (χ2v) is 6.08. The van der Waals surface area contributed by atoms with Crippen LogP contribution in [-0.4, -0.2) is 25.6 Å². The summed E-state index contributed by atoms with van der Waals surface area (Å²) in [4.78, 5) is 24.3. The molecule has 0 spiro atoms. The highest BCUT2D eigenvalue weighted by Gasteiger charge is 2.12. The molecule has 0 saturated heterocycles. The van der Waals surface area contributed by atoms with Gasteiger partial charge in [0.05, 0.1) is 24.3 Å². The van der Waals surface area contributed by atoms with Crippen LogP contribution in [0.3, 0.4) is 0 Å². The van der Waals surface area contributed by atoms with Gasteiger partial charge in [0, 0.05) is 5.69 Å².